The third kappa shape index (κ3) is 5.57. The molecule has 1 aromatic heterocycles. The van der Waals surface area contributed by atoms with E-state index < -0.39 is 5.91 Å². The summed E-state index contributed by atoms with van der Waals surface area (Å²) < 4.78 is 5.78. The van der Waals surface area contributed by atoms with Gasteiger partial charge >= 0.3 is 0 Å². The van der Waals surface area contributed by atoms with Gasteiger partial charge in [-0.05, 0) is 49.2 Å². The predicted molar refractivity (Wildman–Crippen MR) is 113 cm³/mol. The Morgan fingerprint density at radius 1 is 1.03 bits per heavy atom. The van der Waals surface area contributed by atoms with E-state index in [1.165, 1.54) is 0 Å². The molecule has 0 saturated heterocycles. The lowest BCUT2D eigenvalue weighted by atomic mass is 10.1. The number of nitrogens with two attached hydrogens (primary N) is 1. The first-order valence-electron chi connectivity index (χ1n) is 10.0. The Morgan fingerprint density at radius 2 is 1.77 bits per heavy atom. The first-order chi connectivity index (χ1) is 14.6. The average Bonchev–Trinajstić information content (AvgIpc) is 3.20. The fourth-order valence-electron chi connectivity index (χ4n) is 3.24. The lowest BCUT2D eigenvalue weighted by Crippen LogP contribution is -2.17. The van der Waals surface area contributed by atoms with Gasteiger partial charge in [-0.25, -0.2) is 10.5 Å². The SMILES string of the molecule is NC(=O)c1cccc2[nH]c(-c3ccc(OCCCCCCCC(=O)NO)cc3)nc12. The van der Waals surface area contributed by atoms with Crippen molar-refractivity contribution in [2.75, 3.05) is 6.61 Å². The van der Waals surface area contributed by atoms with Crippen LogP contribution in [0.2, 0.25) is 0 Å². The highest BCUT2D eigenvalue weighted by molar-refractivity contribution is 6.04. The van der Waals surface area contributed by atoms with Crippen LogP contribution in [-0.4, -0.2) is 33.6 Å². The molecule has 0 fully saturated rings. The zero-order valence-electron chi connectivity index (χ0n) is 16.7. The second-order valence-electron chi connectivity index (χ2n) is 7.08. The second-order valence-corrected chi connectivity index (χ2v) is 7.08. The van der Waals surface area contributed by atoms with Crippen molar-refractivity contribution in [1.29, 1.82) is 0 Å². The summed E-state index contributed by atoms with van der Waals surface area (Å²) in [6, 6.07) is 12.9. The monoisotopic (exact) mass is 410 g/mol. The van der Waals surface area contributed by atoms with Crippen molar-refractivity contribution in [1.82, 2.24) is 15.4 Å². The van der Waals surface area contributed by atoms with Gasteiger partial charge in [0.2, 0.25) is 5.91 Å². The summed E-state index contributed by atoms with van der Waals surface area (Å²) in [6.45, 7) is 0.628. The molecule has 8 nitrogen and oxygen atoms in total. The number of benzene rings is 2. The molecule has 0 radical (unpaired) electrons. The van der Waals surface area contributed by atoms with Crippen LogP contribution in [0, 0.1) is 0 Å². The fraction of sp³-hybridized carbons (Fsp3) is 0.318. The Kier molecular flexibility index (Phi) is 7.40. The van der Waals surface area contributed by atoms with Crippen LogP contribution in [0.5, 0.6) is 5.75 Å². The van der Waals surface area contributed by atoms with E-state index in [1.807, 2.05) is 30.3 Å². The molecule has 158 valence electrons. The smallest absolute Gasteiger partial charge is 0.250 e. The number of primary amides is 1. The number of rotatable bonds is 11. The molecular weight excluding hydrogens is 384 g/mol. The van der Waals surface area contributed by atoms with Gasteiger partial charge in [0.15, 0.2) is 0 Å². The molecule has 30 heavy (non-hydrogen) atoms. The number of ether oxygens (including phenoxy) is 1. The third-order valence-corrected chi connectivity index (χ3v) is 4.85. The van der Waals surface area contributed by atoms with Crippen molar-refractivity contribution in [3.63, 3.8) is 0 Å². The van der Waals surface area contributed by atoms with Crippen molar-refractivity contribution in [3.8, 4) is 17.1 Å². The first kappa shape index (κ1) is 21.3. The van der Waals surface area contributed by atoms with Crippen LogP contribution in [0.15, 0.2) is 42.5 Å². The van der Waals surface area contributed by atoms with Gasteiger partial charge in [-0.3, -0.25) is 14.8 Å². The van der Waals surface area contributed by atoms with Gasteiger partial charge in [0, 0.05) is 12.0 Å². The van der Waals surface area contributed by atoms with Crippen LogP contribution < -0.4 is 16.0 Å². The highest BCUT2D eigenvalue weighted by Crippen LogP contribution is 2.24. The number of aromatic nitrogens is 2. The number of amides is 2. The van der Waals surface area contributed by atoms with E-state index in [0.29, 0.717) is 29.9 Å². The molecule has 0 unspecified atom stereocenters. The van der Waals surface area contributed by atoms with E-state index in [-0.39, 0.29) is 5.91 Å². The van der Waals surface area contributed by atoms with Gasteiger partial charge in [-0.1, -0.05) is 25.3 Å². The number of hydrogen-bond acceptors (Lipinski definition) is 5. The van der Waals surface area contributed by atoms with Crippen LogP contribution in [0.3, 0.4) is 0 Å². The van der Waals surface area contributed by atoms with Gasteiger partial charge in [-0.2, -0.15) is 0 Å². The van der Waals surface area contributed by atoms with Gasteiger partial charge in [-0.15, -0.1) is 0 Å². The minimum Gasteiger partial charge on any atom is -0.494 e. The zero-order chi connectivity index (χ0) is 21.3. The summed E-state index contributed by atoms with van der Waals surface area (Å²) in [6.07, 6.45) is 5.08. The maximum Gasteiger partial charge on any atom is 0.250 e. The number of para-hydroxylation sites is 1. The third-order valence-electron chi connectivity index (χ3n) is 4.85. The Morgan fingerprint density at radius 3 is 2.50 bits per heavy atom. The number of fused-ring (bicyclic) bond motifs is 1. The number of carbonyl (C=O) groups excluding carboxylic acids is 2. The maximum atomic E-state index is 11.6. The lowest BCUT2D eigenvalue weighted by molar-refractivity contribution is -0.129. The second kappa shape index (κ2) is 10.4. The number of imidazole rings is 1. The minimum absolute atomic E-state index is 0.335. The molecule has 1 heterocycles. The minimum atomic E-state index is -0.502. The number of hydrogen-bond donors (Lipinski definition) is 4. The van der Waals surface area contributed by atoms with Gasteiger partial charge in [0.1, 0.15) is 17.1 Å². The van der Waals surface area contributed by atoms with E-state index in [2.05, 4.69) is 9.97 Å². The molecule has 0 bridgehead atoms. The number of nitrogens with one attached hydrogen (secondary N) is 2. The number of hydroxylamine groups is 1. The van der Waals surface area contributed by atoms with Crippen LogP contribution >= 0.6 is 0 Å². The molecule has 8 heteroatoms. The van der Waals surface area contributed by atoms with Crippen molar-refractivity contribution in [2.24, 2.45) is 5.73 Å². The Labute approximate surface area is 174 Å². The summed E-state index contributed by atoms with van der Waals surface area (Å²) >= 11 is 0. The molecular formula is C22H26N4O4. The molecule has 5 N–H and O–H groups in total. The van der Waals surface area contributed by atoms with E-state index in [4.69, 9.17) is 15.7 Å². The summed E-state index contributed by atoms with van der Waals surface area (Å²) in [4.78, 5) is 30.2. The summed E-state index contributed by atoms with van der Waals surface area (Å²) in [5.41, 5.74) is 9.68. The number of nitrogens with zero attached hydrogens (tertiary/aromatic N) is 1. The summed E-state index contributed by atoms with van der Waals surface area (Å²) in [5.74, 6) is 0.614. The highest BCUT2D eigenvalue weighted by atomic mass is 16.5. The van der Waals surface area contributed by atoms with Crippen LogP contribution in [-0.2, 0) is 4.79 Å². The summed E-state index contributed by atoms with van der Waals surface area (Å²) in [5, 5.41) is 8.42. The Hall–Kier alpha value is -3.39. The normalized spacial score (nSPS) is 10.8. The van der Waals surface area contributed by atoms with Crippen molar-refractivity contribution >= 4 is 22.8 Å². The van der Waals surface area contributed by atoms with E-state index >= 15 is 0 Å². The zero-order valence-corrected chi connectivity index (χ0v) is 16.7. The molecule has 3 aromatic rings. The van der Waals surface area contributed by atoms with Gasteiger partial charge < -0.3 is 15.5 Å². The molecule has 0 spiro atoms. The van der Waals surface area contributed by atoms with Crippen LogP contribution in [0.4, 0.5) is 0 Å². The average molecular weight is 410 g/mol. The Balaban J connectivity index is 1.46. The van der Waals surface area contributed by atoms with Gasteiger partial charge in [0.25, 0.3) is 5.91 Å². The number of H-pyrrole nitrogens is 1. The molecule has 0 saturated carbocycles. The van der Waals surface area contributed by atoms with Crippen molar-refractivity contribution in [2.45, 2.75) is 38.5 Å². The highest BCUT2D eigenvalue weighted by Gasteiger charge is 2.12. The standard InChI is InChI=1S/C22H26N4O4/c23-21(28)17-7-6-8-18-20(17)25-22(24-18)15-10-12-16(13-11-15)30-14-5-3-1-2-4-9-19(27)26-29/h6-8,10-13,29H,1-5,9,14H2,(H2,23,28)(H,24,25)(H,26,27). The molecule has 0 atom stereocenters. The quantitative estimate of drug-likeness (QED) is 0.218. The number of carbonyl (C=O) groups is 2. The molecule has 0 aliphatic rings. The molecule has 0 aliphatic carbocycles. The number of unbranched alkanes of at least 4 members (excludes halogenated alkanes) is 4. The molecule has 2 amide bonds. The molecule has 3 rings (SSSR count). The maximum absolute atomic E-state index is 11.6. The summed E-state index contributed by atoms with van der Waals surface area (Å²) in [7, 11) is 0. The van der Waals surface area contributed by atoms with Crippen LogP contribution in [0.25, 0.3) is 22.4 Å². The van der Waals surface area contributed by atoms with Crippen LogP contribution in [0.1, 0.15) is 48.9 Å². The van der Waals surface area contributed by atoms with Crippen molar-refractivity contribution in [3.05, 3.63) is 48.0 Å². The first-order valence-corrected chi connectivity index (χ1v) is 10.0. The largest absolute Gasteiger partial charge is 0.494 e. The van der Waals surface area contributed by atoms with E-state index in [0.717, 1.165) is 48.9 Å². The Bertz CT molecular complexity index is 998. The fourth-order valence-corrected chi connectivity index (χ4v) is 3.24. The topological polar surface area (TPSA) is 130 Å². The van der Waals surface area contributed by atoms with E-state index in [1.54, 1.807) is 17.6 Å². The predicted octanol–water partition coefficient (Wildman–Crippen LogP) is 3.55. The number of aromatic amines is 1. The molecule has 2 aromatic carbocycles. The van der Waals surface area contributed by atoms with Gasteiger partial charge in [0.05, 0.1) is 17.7 Å². The van der Waals surface area contributed by atoms with E-state index in [9.17, 15) is 9.59 Å². The van der Waals surface area contributed by atoms with Crippen molar-refractivity contribution < 1.29 is 19.5 Å². The molecule has 0 aliphatic heterocycles. The lowest BCUT2D eigenvalue weighted by Gasteiger charge is -2.07.